The Morgan fingerprint density at radius 1 is 1.19 bits per heavy atom. The molecule has 1 aliphatic rings. The zero-order chi connectivity index (χ0) is 23.1. The highest BCUT2D eigenvalue weighted by Crippen LogP contribution is 2.40. The molecule has 2 amide bonds. The molecule has 8 heteroatoms. The number of rotatable bonds is 7. The molecule has 166 valence electrons. The third-order valence-corrected chi connectivity index (χ3v) is 7.11. The number of nitrogens with zero attached hydrogens (tertiary/aromatic N) is 2. The van der Waals surface area contributed by atoms with Gasteiger partial charge < -0.3 is 15.5 Å². The smallest absolute Gasteiger partial charge is 0.281 e. The van der Waals surface area contributed by atoms with Gasteiger partial charge in [-0.1, -0.05) is 36.0 Å². The van der Waals surface area contributed by atoms with Crippen molar-refractivity contribution in [1.82, 2.24) is 10.2 Å². The molecule has 0 bridgehead atoms. The second-order valence-electron chi connectivity index (χ2n) is 7.16. The molecule has 2 heterocycles. The number of carbonyl (C=O) groups is 2. The summed E-state index contributed by atoms with van der Waals surface area (Å²) in [6.07, 6.45) is 0. The van der Waals surface area contributed by atoms with Gasteiger partial charge in [-0.15, -0.1) is 11.3 Å². The molecule has 3 rings (SSSR count). The topological polar surface area (TPSA) is 85.2 Å². The Labute approximate surface area is 197 Å². The number of benzene rings is 1. The highest BCUT2D eigenvalue weighted by molar-refractivity contribution is 8.13. The second kappa shape index (κ2) is 11.0. The Bertz CT molecular complexity index is 1070. The van der Waals surface area contributed by atoms with Gasteiger partial charge in [0.1, 0.15) is 0 Å². The molecule has 1 aromatic carbocycles. The molecule has 1 aliphatic heterocycles. The van der Waals surface area contributed by atoms with Crippen LogP contribution in [0, 0.1) is 11.3 Å². The zero-order valence-corrected chi connectivity index (χ0v) is 20.0. The third kappa shape index (κ3) is 5.23. The van der Waals surface area contributed by atoms with Gasteiger partial charge in [0.25, 0.3) is 11.1 Å². The van der Waals surface area contributed by atoms with Gasteiger partial charge in [-0.2, -0.15) is 5.26 Å². The van der Waals surface area contributed by atoms with Crippen molar-refractivity contribution in [1.29, 1.82) is 5.26 Å². The normalized spacial score (nSPS) is 15.8. The number of hydrogen-bond donors (Lipinski definition) is 2. The van der Waals surface area contributed by atoms with Crippen molar-refractivity contribution in [3.8, 4) is 6.07 Å². The van der Waals surface area contributed by atoms with E-state index in [0.717, 1.165) is 4.88 Å². The molecule has 0 aliphatic carbocycles. The number of amides is 2. The standard InChI is InChI=1S/C24H26N4O2S2/c1-4-28(5-2)24(30)32-15-19-18(14-25)22(20-12-9-13-31-20)21(16(3)26-19)23(29)27-17-10-7-6-8-11-17/h6-13,22,26H,4-5,15H2,1-3H3,(H,27,29). The molecular weight excluding hydrogens is 440 g/mol. The number of para-hydroxylation sites is 1. The predicted octanol–water partition coefficient (Wildman–Crippen LogP) is 5.32. The van der Waals surface area contributed by atoms with Gasteiger partial charge in [-0.05, 0) is 44.4 Å². The van der Waals surface area contributed by atoms with Gasteiger partial charge >= 0.3 is 0 Å². The number of nitriles is 1. The summed E-state index contributed by atoms with van der Waals surface area (Å²) in [5.74, 6) is -0.396. The maximum atomic E-state index is 13.3. The number of anilines is 1. The maximum Gasteiger partial charge on any atom is 0.281 e. The fourth-order valence-electron chi connectivity index (χ4n) is 3.61. The van der Waals surface area contributed by atoms with Crippen LogP contribution in [0.1, 0.15) is 31.6 Å². The number of thiophene rings is 1. The summed E-state index contributed by atoms with van der Waals surface area (Å²) in [5, 5.41) is 18.2. The van der Waals surface area contributed by atoms with Crippen LogP contribution in [0.5, 0.6) is 0 Å². The van der Waals surface area contributed by atoms with E-state index in [0.29, 0.717) is 47.1 Å². The van der Waals surface area contributed by atoms with E-state index in [2.05, 4.69) is 16.7 Å². The first kappa shape index (κ1) is 23.6. The van der Waals surface area contributed by atoms with Crippen molar-refractivity contribution in [3.63, 3.8) is 0 Å². The average molecular weight is 467 g/mol. The average Bonchev–Trinajstić information content (AvgIpc) is 3.33. The predicted molar refractivity (Wildman–Crippen MR) is 131 cm³/mol. The summed E-state index contributed by atoms with van der Waals surface area (Å²) in [5.41, 5.74) is 3.02. The molecule has 0 spiro atoms. The first-order chi connectivity index (χ1) is 15.5. The van der Waals surface area contributed by atoms with Gasteiger partial charge in [0.2, 0.25) is 0 Å². The third-order valence-electron chi connectivity index (χ3n) is 5.23. The van der Waals surface area contributed by atoms with Gasteiger partial charge in [0, 0.05) is 46.4 Å². The molecule has 2 N–H and O–H groups in total. The molecular formula is C24H26N4O2S2. The van der Waals surface area contributed by atoms with Crippen LogP contribution >= 0.6 is 23.1 Å². The molecule has 1 unspecified atom stereocenters. The molecule has 0 fully saturated rings. The number of carbonyl (C=O) groups excluding carboxylic acids is 2. The summed E-state index contributed by atoms with van der Waals surface area (Å²) in [6.45, 7) is 7.00. The van der Waals surface area contributed by atoms with Crippen LogP contribution in [-0.4, -0.2) is 34.9 Å². The first-order valence-corrected chi connectivity index (χ1v) is 12.3. The van der Waals surface area contributed by atoms with Crippen molar-refractivity contribution < 1.29 is 9.59 Å². The first-order valence-electron chi connectivity index (χ1n) is 10.4. The molecule has 0 saturated heterocycles. The Morgan fingerprint density at radius 2 is 1.91 bits per heavy atom. The fraction of sp³-hybridized carbons (Fsp3) is 0.292. The van der Waals surface area contributed by atoms with E-state index in [1.807, 2.05) is 68.6 Å². The Morgan fingerprint density at radius 3 is 2.50 bits per heavy atom. The second-order valence-corrected chi connectivity index (χ2v) is 9.07. The van der Waals surface area contributed by atoms with Crippen LogP contribution in [0.3, 0.4) is 0 Å². The van der Waals surface area contributed by atoms with Crippen molar-refractivity contribution in [2.24, 2.45) is 0 Å². The summed E-state index contributed by atoms with van der Waals surface area (Å²) >= 11 is 2.68. The van der Waals surface area contributed by atoms with Crippen molar-refractivity contribution >= 4 is 39.9 Å². The van der Waals surface area contributed by atoms with Crippen LogP contribution in [0.25, 0.3) is 0 Å². The van der Waals surface area contributed by atoms with Gasteiger partial charge in [-0.3, -0.25) is 9.59 Å². The minimum atomic E-state index is -0.482. The van der Waals surface area contributed by atoms with E-state index in [1.54, 1.807) is 4.90 Å². The van der Waals surface area contributed by atoms with E-state index < -0.39 is 5.92 Å². The van der Waals surface area contributed by atoms with Crippen LogP contribution in [0.15, 0.2) is 70.4 Å². The van der Waals surface area contributed by atoms with E-state index in [-0.39, 0.29) is 11.1 Å². The van der Waals surface area contributed by atoms with Crippen molar-refractivity contribution in [2.45, 2.75) is 26.7 Å². The monoisotopic (exact) mass is 466 g/mol. The van der Waals surface area contributed by atoms with E-state index >= 15 is 0 Å². The lowest BCUT2D eigenvalue weighted by Gasteiger charge is -2.29. The summed E-state index contributed by atoms with van der Waals surface area (Å²) in [7, 11) is 0. The minimum absolute atomic E-state index is 0.0245. The highest BCUT2D eigenvalue weighted by atomic mass is 32.2. The molecule has 0 radical (unpaired) electrons. The fourth-order valence-corrected chi connectivity index (χ4v) is 5.39. The minimum Gasteiger partial charge on any atom is -0.361 e. The zero-order valence-electron chi connectivity index (χ0n) is 18.3. The summed E-state index contributed by atoms with van der Waals surface area (Å²) in [4.78, 5) is 28.4. The lowest BCUT2D eigenvalue weighted by molar-refractivity contribution is -0.113. The lowest BCUT2D eigenvalue weighted by Crippen LogP contribution is -2.32. The van der Waals surface area contributed by atoms with Gasteiger partial charge in [0.15, 0.2) is 0 Å². The van der Waals surface area contributed by atoms with E-state index in [1.165, 1.54) is 23.1 Å². The number of thioether (sulfide) groups is 1. The summed E-state index contributed by atoms with van der Waals surface area (Å²) in [6, 6.07) is 15.4. The Kier molecular flexibility index (Phi) is 8.14. The van der Waals surface area contributed by atoms with Crippen molar-refractivity contribution in [3.05, 3.63) is 75.3 Å². The van der Waals surface area contributed by atoms with Crippen molar-refractivity contribution in [2.75, 3.05) is 24.2 Å². The Balaban J connectivity index is 1.93. The van der Waals surface area contributed by atoms with Crippen LogP contribution in [-0.2, 0) is 4.79 Å². The number of nitrogens with one attached hydrogen (secondary N) is 2. The number of allylic oxidation sites excluding steroid dienone is 2. The van der Waals surface area contributed by atoms with Crippen LogP contribution < -0.4 is 10.6 Å². The lowest BCUT2D eigenvalue weighted by atomic mass is 9.84. The molecule has 6 nitrogen and oxygen atoms in total. The Hall–Kier alpha value is -3.02. The molecule has 2 aromatic rings. The SMILES string of the molecule is CCN(CC)C(=O)SCC1=C(C#N)C(c2cccs2)C(C(=O)Nc2ccccc2)=C(C)N1. The largest absolute Gasteiger partial charge is 0.361 e. The quantitative estimate of drug-likeness (QED) is 0.577. The molecule has 0 saturated carbocycles. The van der Waals surface area contributed by atoms with E-state index in [9.17, 15) is 14.9 Å². The number of dihydropyridines is 1. The van der Waals surface area contributed by atoms with Gasteiger partial charge in [0.05, 0.1) is 17.6 Å². The van der Waals surface area contributed by atoms with Crippen LogP contribution in [0.4, 0.5) is 10.5 Å². The summed E-state index contributed by atoms with van der Waals surface area (Å²) < 4.78 is 0. The van der Waals surface area contributed by atoms with Gasteiger partial charge in [-0.25, -0.2) is 0 Å². The molecule has 1 atom stereocenters. The highest BCUT2D eigenvalue weighted by Gasteiger charge is 2.35. The van der Waals surface area contributed by atoms with Crippen LogP contribution in [0.2, 0.25) is 0 Å². The number of hydrogen-bond acceptors (Lipinski definition) is 6. The molecule has 32 heavy (non-hydrogen) atoms. The maximum absolute atomic E-state index is 13.3. The molecule has 1 aromatic heterocycles. The van der Waals surface area contributed by atoms with E-state index in [4.69, 9.17) is 0 Å².